The van der Waals surface area contributed by atoms with Crippen LogP contribution >= 0.6 is 0 Å². The van der Waals surface area contributed by atoms with Gasteiger partial charge in [-0.25, -0.2) is 0 Å². The SMILES string of the molecule is COc1ccc(Nc2ccc(C(=O)Nc3cccc4cccnc34)nn2)cc1. The summed E-state index contributed by atoms with van der Waals surface area (Å²) in [5.41, 5.74) is 2.41. The second-order valence-corrected chi connectivity index (χ2v) is 5.99. The first-order valence-electron chi connectivity index (χ1n) is 8.63. The molecule has 0 aliphatic heterocycles. The molecule has 7 nitrogen and oxygen atoms in total. The Hall–Kier alpha value is -4.00. The van der Waals surface area contributed by atoms with E-state index in [0.717, 1.165) is 22.3 Å². The van der Waals surface area contributed by atoms with E-state index in [2.05, 4.69) is 25.8 Å². The number of benzene rings is 2. The molecule has 2 aromatic carbocycles. The van der Waals surface area contributed by atoms with Crippen molar-refractivity contribution in [3.05, 3.63) is 78.6 Å². The number of fused-ring (bicyclic) bond motifs is 1. The third kappa shape index (κ3) is 3.73. The fourth-order valence-electron chi connectivity index (χ4n) is 2.73. The zero-order chi connectivity index (χ0) is 19.3. The van der Waals surface area contributed by atoms with E-state index in [1.165, 1.54) is 0 Å². The summed E-state index contributed by atoms with van der Waals surface area (Å²) >= 11 is 0. The molecule has 7 heteroatoms. The van der Waals surface area contributed by atoms with Crippen LogP contribution in [-0.4, -0.2) is 28.2 Å². The predicted molar refractivity (Wildman–Crippen MR) is 108 cm³/mol. The molecule has 0 saturated carbocycles. The third-order valence-electron chi connectivity index (χ3n) is 4.14. The summed E-state index contributed by atoms with van der Waals surface area (Å²) in [6.45, 7) is 0. The van der Waals surface area contributed by atoms with Crippen LogP contribution in [0.25, 0.3) is 10.9 Å². The van der Waals surface area contributed by atoms with Crippen LogP contribution in [0.2, 0.25) is 0 Å². The standard InChI is InChI=1S/C21H17N5O2/c1-28-16-9-7-15(8-10-16)23-19-12-11-18(25-26-19)21(27)24-17-6-2-4-14-5-3-13-22-20(14)17/h2-13H,1H3,(H,23,26)(H,24,27). The number of anilines is 3. The molecule has 138 valence electrons. The van der Waals surface area contributed by atoms with Gasteiger partial charge in [-0.3, -0.25) is 9.78 Å². The Morgan fingerprint density at radius 1 is 0.929 bits per heavy atom. The zero-order valence-corrected chi connectivity index (χ0v) is 15.1. The Kier molecular flexibility index (Phi) is 4.79. The number of carbonyl (C=O) groups excluding carboxylic acids is 1. The third-order valence-corrected chi connectivity index (χ3v) is 4.14. The summed E-state index contributed by atoms with van der Waals surface area (Å²) in [6, 6.07) is 20.2. The molecule has 28 heavy (non-hydrogen) atoms. The molecular weight excluding hydrogens is 354 g/mol. The number of amides is 1. The lowest BCUT2D eigenvalue weighted by Gasteiger charge is -2.08. The van der Waals surface area contributed by atoms with Crippen LogP contribution in [0, 0.1) is 0 Å². The van der Waals surface area contributed by atoms with Gasteiger partial charge >= 0.3 is 0 Å². The number of nitrogens with zero attached hydrogens (tertiary/aromatic N) is 3. The Morgan fingerprint density at radius 3 is 2.50 bits per heavy atom. The smallest absolute Gasteiger partial charge is 0.276 e. The van der Waals surface area contributed by atoms with Gasteiger partial charge in [-0.2, -0.15) is 0 Å². The van der Waals surface area contributed by atoms with Gasteiger partial charge in [0.25, 0.3) is 5.91 Å². The number of rotatable bonds is 5. The van der Waals surface area contributed by atoms with Gasteiger partial charge in [0.1, 0.15) is 5.75 Å². The van der Waals surface area contributed by atoms with Gasteiger partial charge < -0.3 is 15.4 Å². The van der Waals surface area contributed by atoms with Crippen molar-refractivity contribution in [3.8, 4) is 5.75 Å². The Balaban J connectivity index is 1.47. The summed E-state index contributed by atoms with van der Waals surface area (Å²) in [6.07, 6.45) is 1.69. The number of hydrogen-bond acceptors (Lipinski definition) is 6. The maximum atomic E-state index is 12.5. The van der Waals surface area contributed by atoms with E-state index in [4.69, 9.17) is 4.74 Å². The molecule has 1 amide bonds. The van der Waals surface area contributed by atoms with Gasteiger partial charge in [0.2, 0.25) is 0 Å². The molecule has 2 aromatic heterocycles. The highest BCUT2D eigenvalue weighted by atomic mass is 16.5. The Labute approximate surface area is 161 Å². The van der Waals surface area contributed by atoms with E-state index in [9.17, 15) is 4.79 Å². The summed E-state index contributed by atoms with van der Waals surface area (Å²) in [7, 11) is 1.62. The van der Waals surface area contributed by atoms with E-state index in [-0.39, 0.29) is 11.6 Å². The Morgan fingerprint density at radius 2 is 1.75 bits per heavy atom. The lowest BCUT2D eigenvalue weighted by Crippen LogP contribution is -2.15. The van der Waals surface area contributed by atoms with E-state index in [1.807, 2.05) is 48.5 Å². The molecule has 0 spiro atoms. The molecule has 0 aliphatic carbocycles. The minimum Gasteiger partial charge on any atom is -0.497 e. The van der Waals surface area contributed by atoms with E-state index in [1.54, 1.807) is 31.5 Å². The van der Waals surface area contributed by atoms with Gasteiger partial charge in [0.05, 0.1) is 18.3 Å². The van der Waals surface area contributed by atoms with Crippen molar-refractivity contribution in [2.75, 3.05) is 17.7 Å². The van der Waals surface area contributed by atoms with Crippen LogP contribution in [0.15, 0.2) is 72.9 Å². The lowest BCUT2D eigenvalue weighted by molar-refractivity contribution is 0.102. The van der Waals surface area contributed by atoms with Crippen molar-refractivity contribution >= 4 is 34.0 Å². The van der Waals surface area contributed by atoms with Crippen molar-refractivity contribution in [2.24, 2.45) is 0 Å². The highest BCUT2D eigenvalue weighted by molar-refractivity contribution is 6.07. The van der Waals surface area contributed by atoms with Crippen LogP contribution in [-0.2, 0) is 0 Å². The molecule has 4 rings (SSSR count). The summed E-state index contributed by atoms with van der Waals surface area (Å²) in [5.74, 6) is 0.960. The van der Waals surface area contributed by atoms with Gasteiger partial charge in [0, 0.05) is 17.3 Å². The van der Waals surface area contributed by atoms with Crippen LogP contribution in [0.3, 0.4) is 0 Å². The largest absolute Gasteiger partial charge is 0.497 e. The normalized spacial score (nSPS) is 10.5. The number of ether oxygens (including phenoxy) is 1. The average Bonchev–Trinajstić information content (AvgIpc) is 2.75. The van der Waals surface area contributed by atoms with Crippen LogP contribution < -0.4 is 15.4 Å². The number of nitrogens with one attached hydrogen (secondary N) is 2. The van der Waals surface area contributed by atoms with Crippen molar-refractivity contribution in [2.45, 2.75) is 0 Å². The van der Waals surface area contributed by atoms with Crippen molar-refractivity contribution in [3.63, 3.8) is 0 Å². The first-order valence-corrected chi connectivity index (χ1v) is 8.63. The first kappa shape index (κ1) is 17.4. The first-order chi connectivity index (χ1) is 13.7. The molecule has 2 heterocycles. The highest BCUT2D eigenvalue weighted by Gasteiger charge is 2.11. The Bertz CT molecular complexity index is 1110. The van der Waals surface area contributed by atoms with Crippen molar-refractivity contribution in [1.82, 2.24) is 15.2 Å². The van der Waals surface area contributed by atoms with Crippen LogP contribution in [0.1, 0.15) is 10.5 Å². The predicted octanol–water partition coefficient (Wildman–Crippen LogP) is 4.03. The number of para-hydroxylation sites is 1. The minimum atomic E-state index is -0.346. The second-order valence-electron chi connectivity index (χ2n) is 5.99. The second kappa shape index (κ2) is 7.71. The van der Waals surface area contributed by atoms with E-state index >= 15 is 0 Å². The molecule has 0 saturated heterocycles. The topological polar surface area (TPSA) is 89.0 Å². The van der Waals surface area contributed by atoms with Gasteiger partial charge in [-0.1, -0.05) is 18.2 Å². The van der Waals surface area contributed by atoms with Crippen molar-refractivity contribution < 1.29 is 9.53 Å². The molecule has 0 radical (unpaired) electrons. The number of methoxy groups -OCH3 is 1. The minimum absolute atomic E-state index is 0.216. The molecule has 0 unspecified atom stereocenters. The number of aromatic nitrogens is 3. The fourth-order valence-corrected chi connectivity index (χ4v) is 2.73. The quantitative estimate of drug-likeness (QED) is 0.551. The van der Waals surface area contributed by atoms with Gasteiger partial charge in [-0.15, -0.1) is 10.2 Å². The molecule has 2 N–H and O–H groups in total. The number of carbonyl (C=O) groups is 1. The summed E-state index contributed by atoms with van der Waals surface area (Å²) in [5, 5.41) is 15.0. The molecule has 0 aliphatic rings. The summed E-state index contributed by atoms with van der Waals surface area (Å²) in [4.78, 5) is 16.9. The van der Waals surface area contributed by atoms with Crippen LogP contribution in [0.5, 0.6) is 5.75 Å². The summed E-state index contributed by atoms with van der Waals surface area (Å²) < 4.78 is 5.13. The lowest BCUT2D eigenvalue weighted by atomic mass is 10.2. The zero-order valence-electron chi connectivity index (χ0n) is 15.1. The average molecular weight is 371 g/mol. The molecule has 4 aromatic rings. The fraction of sp³-hybridized carbons (Fsp3) is 0.0476. The van der Waals surface area contributed by atoms with E-state index in [0.29, 0.717) is 11.5 Å². The maximum Gasteiger partial charge on any atom is 0.276 e. The maximum absolute atomic E-state index is 12.5. The molecule has 0 bridgehead atoms. The van der Waals surface area contributed by atoms with Crippen LogP contribution in [0.4, 0.5) is 17.2 Å². The van der Waals surface area contributed by atoms with E-state index < -0.39 is 0 Å². The highest BCUT2D eigenvalue weighted by Crippen LogP contribution is 2.21. The van der Waals surface area contributed by atoms with Crippen molar-refractivity contribution in [1.29, 1.82) is 0 Å². The van der Waals surface area contributed by atoms with Gasteiger partial charge in [-0.05, 0) is 48.5 Å². The number of hydrogen-bond donors (Lipinski definition) is 2. The number of pyridine rings is 1. The molecule has 0 fully saturated rings. The molecular formula is C21H17N5O2. The monoisotopic (exact) mass is 371 g/mol. The van der Waals surface area contributed by atoms with Gasteiger partial charge in [0.15, 0.2) is 11.5 Å². The molecule has 0 atom stereocenters.